The third-order valence-corrected chi connectivity index (χ3v) is 3.93. The van der Waals surface area contributed by atoms with E-state index in [9.17, 15) is 9.59 Å². The van der Waals surface area contributed by atoms with Crippen LogP contribution in [0.5, 0.6) is 0 Å². The third-order valence-electron chi connectivity index (χ3n) is 3.93. The van der Waals surface area contributed by atoms with Crippen LogP contribution in [0.25, 0.3) is 0 Å². The molecule has 0 spiro atoms. The molecule has 0 radical (unpaired) electrons. The minimum Gasteiger partial charge on any atom is -0.368 e. The van der Waals surface area contributed by atoms with Crippen LogP contribution >= 0.6 is 0 Å². The Morgan fingerprint density at radius 2 is 1.36 bits per heavy atom. The molecule has 0 aromatic heterocycles. The van der Waals surface area contributed by atoms with E-state index in [1.54, 1.807) is 6.92 Å². The highest BCUT2D eigenvalue weighted by molar-refractivity contribution is 5.94. The summed E-state index contributed by atoms with van der Waals surface area (Å²) in [6.07, 6.45) is 0. The number of primary amides is 1. The van der Waals surface area contributed by atoms with E-state index in [4.69, 9.17) is 5.73 Å². The first-order valence-electron chi connectivity index (χ1n) is 7.17. The van der Waals surface area contributed by atoms with Gasteiger partial charge in [-0.15, -0.1) is 0 Å². The lowest BCUT2D eigenvalue weighted by atomic mass is 9.75. The molecule has 0 aliphatic rings. The van der Waals surface area contributed by atoms with Crippen molar-refractivity contribution in [2.75, 3.05) is 0 Å². The Kier molecular flexibility index (Phi) is 4.61. The Balaban J connectivity index is 2.47. The molecule has 0 fully saturated rings. The van der Waals surface area contributed by atoms with Crippen molar-refractivity contribution in [3.8, 4) is 0 Å². The second kappa shape index (κ2) is 6.43. The van der Waals surface area contributed by atoms with Gasteiger partial charge in [0.25, 0.3) is 0 Å². The zero-order valence-corrected chi connectivity index (χ0v) is 12.7. The number of carbonyl (C=O) groups is 2. The molecule has 2 aromatic rings. The second-order valence-electron chi connectivity index (χ2n) is 5.45. The molecule has 1 atom stereocenters. The summed E-state index contributed by atoms with van der Waals surface area (Å²) in [5, 5.41) is 2.70. The van der Waals surface area contributed by atoms with Gasteiger partial charge in [-0.1, -0.05) is 60.7 Å². The average Bonchev–Trinajstić information content (AvgIpc) is 2.55. The molecule has 0 unspecified atom stereocenters. The van der Waals surface area contributed by atoms with Crippen LogP contribution < -0.4 is 11.1 Å². The van der Waals surface area contributed by atoms with Gasteiger partial charge in [-0.05, 0) is 25.0 Å². The van der Waals surface area contributed by atoms with Crippen LogP contribution in [0.1, 0.15) is 25.0 Å². The Morgan fingerprint density at radius 3 is 1.73 bits per heavy atom. The van der Waals surface area contributed by atoms with Gasteiger partial charge < -0.3 is 11.1 Å². The van der Waals surface area contributed by atoms with Crippen LogP contribution in [0.2, 0.25) is 0 Å². The molecule has 0 bridgehead atoms. The minimum atomic E-state index is -0.897. The van der Waals surface area contributed by atoms with Gasteiger partial charge in [0.2, 0.25) is 11.8 Å². The molecule has 22 heavy (non-hydrogen) atoms. The number of hydrogen-bond donors (Lipinski definition) is 2. The summed E-state index contributed by atoms with van der Waals surface area (Å²) >= 11 is 0. The fourth-order valence-electron chi connectivity index (χ4n) is 2.38. The Bertz CT molecular complexity index is 614. The Labute approximate surface area is 130 Å². The first-order valence-corrected chi connectivity index (χ1v) is 7.17. The van der Waals surface area contributed by atoms with Gasteiger partial charge in [0.15, 0.2) is 0 Å². The topological polar surface area (TPSA) is 72.2 Å². The fourth-order valence-corrected chi connectivity index (χ4v) is 2.38. The quantitative estimate of drug-likeness (QED) is 0.885. The van der Waals surface area contributed by atoms with Crippen molar-refractivity contribution in [3.05, 3.63) is 71.8 Å². The van der Waals surface area contributed by atoms with Gasteiger partial charge in [0, 0.05) is 0 Å². The number of carbonyl (C=O) groups excluding carboxylic acids is 2. The minimum absolute atomic E-state index is 0.254. The number of nitrogens with two attached hydrogens (primary N) is 1. The van der Waals surface area contributed by atoms with Crippen molar-refractivity contribution in [3.63, 3.8) is 0 Å². The molecular weight excluding hydrogens is 276 g/mol. The lowest BCUT2D eigenvalue weighted by molar-refractivity contribution is -0.129. The van der Waals surface area contributed by atoms with Crippen molar-refractivity contribution in [2.45, 2.75) is 25.3 Å². The lowest BCUT2D eigenvalue weighted by Gasteiger charge is -2.30. The standard InChI is InChI=1S/C18H20N2O2/c1-13(16(19)21)20-17(22)18(2,14-9-5-3-6-10-14)15-11-7-4-8-12-15/h3-13H,1-2H3,(H2,19,21)(H,20,22)/t13-/m1/s1. The molecule has 3 N–H and O–H groups in total. The van der Waals surface area contributed by atoms with Gasteiger partial charge in [0.1, 0.15) is 6.04 Å². The first kappa shape index (κ1) is 15.8. The molecule has 2 rings (SSSR count). The van der Waals surface area contributed by atoms with Crippen LogP contribution in [0.15, 0.2) is 60.7 Å². The highest BCUT2D eigenvalue weighted by Gasteiger charge is 2.37. The summed E-state index contributed by atoms with van der Waals surface area (Å²) in [6, 6.07) is 18.3. The van der Waals surface area contributed by atoms with E-state index in [1.165, 1.54) is 0 Å². The largest absolute Gasteiger partial charge is 0.368 e. The third kappa shape index (κ3) is 3.01. The second-order valence-corrected chi connectivity index (χ2v) is 5.45. The highest BCUT2D eigenvalue weighted by atomic mass is 16.2. The van der Waals surface area contributed by atoms with Crippen LogP contribution in [-0.2, 0) is 15.0 Å². The van der Waals surface area contributed by atoms with Crippen molar-refractivity contribution in [1.82, 2.24) is 5.32 Å². The average molecular weight is 296 g/mol. The van der Waals surface area contributed by atoms with Crippen LogP contribution in [0.4, 0.5) is 0 Å². The summed E-state index contributed by atoms with van der Waals surface area (Å²) < 4.78 is 0. The molecule has 0 aliphatic carbocycles. The summed E-state index contributed by atoms with van der Waals surface area (Å²) in [7, 11) is 0. The summed E-state index contributed by atoms with van der Waals surface area (Å²) in [6.45, 7) is 3.43. The maximum absolute atomic E-state index is 12.9. The maximum atomic E-state index is 12.9. The van der Waals surface area contributed by atoms with Gasteiger partial charge in [0.05, 0.1) is 5.41 Å². The van der Waals surface area contributed by atoms with Gasteiger partial charge in [-0.3, -0.25) is 9.59 Å². The SMILES string of the molecule is C[C@@H](NC(=O)C(C)(c1ccccc1)c1ccccc1)C(N)=O. The summed E-state index contributed by atoms with van der Waals surface area (Å²) in [4.78, 5) is 24.1. The predicted molar refractivity (Wildman–Crippen MR) is 86.1 cm³/mol. The van der Waals surface area contributed by atoms with Crippen molar-refractivity contribution >= 4 is 11.8 Å². The molecule has 0 heterocycles. The fraction of sp³-hybridized carbons (Fsp3) is 0.222. The lowest BCUT2D eigenvalue weighted by Crippen LogP contribution is -2.50. The van der Waals surface area contributed by atoms with Gasteiger partial charge in [-0.2, -0.15) is 0 Å². The number of rotatable bonds is 5. The van der Waals surface area contributed by atoms with Crippen molar-refractivity contribution in [2.24, 2.45) is 5.73 Å². The predicted octanol–water partition coefficient (Wildman–Crippen LogP) is 1.98. The smallest absolute Gasteiger partial charge is 0.239 e. The number of nitrogens with one attached hydrogen (secondary N) is 1. The zero-order valence-electron chi connectivity index (χ0n) is 12.7. The molecule has 114 valence electrons. The summed E-state index contributed by atoms with van der Waals surface area (Å²) in [5.41, 5.74) is 6.07. The molecule has 0 saturated carbocycles. The number of benzene rings is 2. The van der Waals surface area contributed by atoms with E-state index in [0.29, 0.717) is 0 Å². The first-order chi connectivity index (χ1) is 10.5. The monoisotopic (exact) mass is 296 g/mol. The molecule has 2 aromatic carbocycles. The molecule has 2 amide bonds. The van der Waals surface area contributed by atoms with Crippen molar-refractivity contribution < 1.29 is 9.59 Å². The number of hydrogen-bond acceptors (Lipinski definition) is 2. The highest BCUT2D eigenvalue weighted by Crippen LogP contribution is 2.32. The van der Waals surface area contributed by atoms with E-state index in [0.717, 1.165) is 11.1 Å². The number of amides is 2. The van der Waals surface area contributed by atoms with E-state index < -0.39 is 17.4 Å². The molecule has 4 nitrogen and oxygen atoms in total. The Hall–Kier alpha value is -2.62. The molecule has 4 heteroatoms. The van der Waals surface area contributed by atoms with E-state index in [-0.39, 0.29) is 5.91 Å². The van der Waals surface area contributed by atoms with Crippen LogP contribution in [0, 0.1) is 0 Å². The maximum Gasteiger partial charge on any atom is 0.239 e. The van der Waals surface area contributed by atoms with E-state index in [1.807, 2.05) is 67.6 Å². The molecule has 0 aliphatic heterocycles. The molecule has 0 saturated heterocycles. The van der Waals surface area contributed by atoms with E-state index >= 15 is 0 Å². The van der Waals surface area contributed by atoms with Crippen LogP contribution in [0.3, 0.4) is 0 Å². The summed E-state index contributed by atoms with van der Waals surface area (Å²) in [5.74, 6) is -0.812. The van der Waals surface area contributed by atoms with Crippen molar-refractivity contribution in [1.29, 1.82) is 0 Å². The van der Waals surface area contributed by atoms with Gasteiger partial charge >= 0.3 is 0 Å². The van der Waals surface area contributed by atoms with Gasteiger partial charge in [-0.25, -0.2) is 0 Å². The normalized spacial score (nSPS) is 12.5. The molecular formula is C18H20N2O2. The zero-order chi connectivity index (χ0) is 16.2. The Morgan fingerprint density at radius 1 is 0.955 bits per heavy atom. The van der Waals surface area contributed by atoms with Crippen LogP contribution in [-0.4, -0.2) is 17.9 Å². The van der Waals surface area contributed by atoms with E-state index in [2.05, 4.69) is 5.32 Å².